The standard InChI is InChI=1S/C25H36F2O/c1-3-5-18-6-11-20(12-7-18)21-13-8-19(9-14-21)10-15-22-16-17-23(28-4-2)25(27)24(22)26/h6,11,16-21H,3-5,7-10,12-15H2,1-2H3. The van der Waals surface area contributed by atoms with Crippen molar-refractivity contribution in [1.82, 2.24) is 0 Å². The van der Waals surface area contributed by atoms with Crippen molar-refractivity contribution in [3.8, 4) is 5.75 Å². The number of halogens is 2. The second kappa shape index (κ2) is 10.4. The van der Waals surface area contributed by atoms with Gasteiger partial charge in [-0.05, 0) is 87.2 Å². The van der Waals surface area contributed by atoms with Crippen molar-refractivity contribution in [3.05, 3.63) is 41.5 Å². The maximum absolute atomic E-state index is 14.3. The third kappa shape index (κ3) is 5.36. The summed E-state index contributed by atoms with van der Waals surface area (Å²) in [5, 5.41) is 0. The molecule has 2 unspecified atom stereocenters. The molecule has 1 aromatic rings. The van der Waals surface area contributed by atoms with Gasteiger partial charge in [-0.25, -0.2) is 4.39 Å². The summed E-state index contributed by atoms with van der Waals surface area (Å²) in [7, 11) is 0. The number of rotatable bonds is 8. The monoisotopic (exact) mass is 390 g/mol. The van der Waals surface area contributed by atoms with Crippen molar-refractivity contribution in [2.24, 2.45) is 23.7 Å². The van der Waals surface area contributed by atoms with Gasteiger partial charge in [-0.1, -0.05) is 44.4 Å². The first-order valence-electron chi connectivity index (χ1n) is 11.4. The van der Waals surface area contributed by atoms with E-state index in [1.807, 2.05) is 0 Å². The lowest BCUT2D eigenvalue weighted by Gasteiger charge is -2.35. The lowest BCUT2D eigenvalue weighted by molar-refractivity contribution is 0.205. The number of aryl methyl sites for hydroxylation is 1. The summed E-state index contributed by atoms with van der Waals surface area (Å²) in [6.45, 7) is 4.39. The molecular weight excluding hydrogens is 354 g/mol. The molecule has 1 nitrogen and oxygen atoms in total. The van der Waals surface area contributed by atoms with E-state index in [0.29, 0.717) is 24.5 Å². The highest BCUT2D eigenvalue weighted by Crippen LogP contribution is 2.40. The van der Waals surface area contributed by atoms with E-state index in [4.69, 9.17) is 4.74 Å². The van der Waals surface area contributed by atoms with Crippen LogP contribution in [0.5, 0.6) is 5.75 Å². The molecule has 2 aliphatic rings. The zero-order valence-electron chi connectivity index (χ0n) is 17.6. The number of allylic oxidation sites excluding steroid dienone is 2. The van der Waals surface area contributed by atoms with Gasteiger partial charge in [-0.2, -0.15) is 4.39 Å². The lowest BCUT2D eigenvalue weighted by Crippen LogP contribution is -2.23. The Labute approximate surface area is 169 Å². The minimum absolute atomic E-state index is 0.0194. The van der Waals surface area contributed by atoms with Gasteiger partial charge in [0.1, 0.15) is 0 Å². The van der Waals surface area contributed by atoms with Crippen LogP contribution in [-0.4, -0.2) is 6.61 Å². The Kier molecular flexibility index (Phi) is 7.93. The summed E-state index contributed by atoms with van der Waals surface area (Å²) in [6, 6.07) is 3.25. The zero-order chi connectivity index (χ0) is 19.9. The van der Waals surface area contributed by atoms with Gasteiger partial charge >= 0.3 is 0 Å². The van der Waals surface area contributed by atoms with Crippen LogP contribution in [0.4, 0.5) is 8.78 Å². The second-order valence-corrected chi connectivity index (χ2v) is 8.78. The van der Waals surface area contributed by atoms with E-state index in [0.717, 1.165) is 24.2 Å². The first kappa shape index (κ1) is 21.3. The molecule has 0 saturated heterocycles. The largest absolute Gasteiger partial charge is 0.491 e. The third-order valence-corrected chi connectivity index (χ3v) is 6.91. The predicted molar refractivity (Wildman–Crippen MR) is 112 cm³/mol. The van der Waals surface area contributed by atoms with Gasteiger partial charge in [0.25, 0.3) is 0 Å². The van der Waals surface area contributed by atoms with E-state index in [1.54, 1.807) is 19.1 Å². The molecule has 0 heterocycles. The van der Waals surface area contributed by atoms with Gasteiger partial charge < -0.3 is 4.74 Å². The molecule has 0 spiro atoms. The molecule has 0 radical (unpaired) electrons. The zero-order valence-corrected chi connectivity index (χ0v) is 17.6. The van der Waals surface area contributed by atoms with Crippen LogP contribution in [0.25, 0.3) is 0 Å². The van der Waals surface area contributed by atoms with E-state index >= 15 is 0 Å². The van der Waals surface area contributed by atoms with Gasteiger partial charge in [0.05, 0.1) is 6.61 Å². The van der Waals surface area contributed by atoms with Crippen LogP contribution in [0.3, 0.4) is 0 Å². The maximum Gasteiger partial charge on any atom is 0.200 e. The first-order valence-corrected chi connectivity index (χ1v) is 11.4. The van der Waals surface area contributed by atoms with Crippen molar-refractivity contribution in [2.75, 3.05) is 6.61 Å². The number of benzene rings is 1. The average molecular weight is 391 g/mol. The Balaban J connectivity index is 1.45. The predicted octanol–water partition coefficient (Wildman–Crippen LogP) is 7.49. The quantitative estimate of drug-likeness (QED) is 0.418. The van der Waals surface area contributed by atoms with Gasteiger partial charge in [0, 0.05) is 0 Å². The Bertz CT molecular complexity index is 646. The van der Waals surface area contributed by atoms with Gasteiger partial charge in [0.2, 0.25) is 5.82 Å². The Morgan fingerprint density at radius 1 is 0.893 bits per heavy atom. The van der Waals surface area contributed by atoms with Crippen molar-refractivity contribution in [3.63, 3.8) is 0 Å². The molecule has 1 aromatic carbocycles. The fourth-order valence-corrected chi connectivity index (χ4v) is 5.20. The molecule has 0 N–H and O–H groups in total. The molecule has 0 aliphatic heterocycles. The average Bonchev–Trinajstić information content (AvgIpc) is 2.72. The van der Waals surface area contributed by atoms with E-state index in [1.165, 1.54) is 51.4 Å². The van der Waals surface area contributed by atoms with Crippen molar-refractivity contribution < 1.29 is 13.5 Å². The minimum Gasteiger partial charge on any atom is -0.491 e. The highest BCUT2D eigenvalue weighted by Gasteiger charge is 2.28. The molecule has 2 atom stereocenters. The molecule has 156 valence electrons. The maximum atomic E-state index is 14.3. The minimum atomic E-state index is -0.839. The molecule has 0 amide bonds. The number of ether oxygens (including phenoxy) is 1. The van der Waals surface area contributed by atoms with E-state index in [9.17, 15) is 8.78 Å². The molecule has 2 aliphatic carbocycles. The Morgan fingerprint density at radius 2 is 1.68 bits per heavy atom. The highest BCUT2D eigenvalue weighted by atomic mass is 19.2. The van der Waals surface area contributed by atoms with Crippen molar-refractivity contribution in [1.29, 1.82) is 0 Å². The Hall–Kier alpha value is -1.38. The highest BCUT2D eigenvalue weighted by molar-refractivity contribution is 5.31. The summed E-state index contributed by atoms with van der Waals surface area (Å²) >= 11 is 0. The smallest absolute Gasteiger partial charge is 0.200 e. The van der Waals surface area contributed by atoms with Gasteiger partial charge in [-0.3, -0.25) is 0 Å². The molecule has 1 saturated carbocycles. The third-order valence-electron chi connectivity index (χ3n) is 6.91. The summed E-state index contributed by atoms with van der Waals surface area (Å²) < 4.78 is 33.4. The summed E-state index contributed by atoms with van der Waals surface area (Å²) in [5.74, 6) is 1.50. The van der Waals surface area contributed by atoms with Crippen LogP contribution in [0.2, 0.25) is 0 Å². The fourth-order valence-electron chi connectivity index (χ4n) is 5.20. The molecule has 3 heteroatoms. The topological polar surface area (TPSA) is 9.23 Å². The fraction of sp³-hybridized carbons (Fsp3) is 0.680. The Morgan fingerprint density at radius 3 is 2.32 bits per heavy atom. The van der Waals surface area contributed by atoms with Crippen LogP contribution >= 0.6 is 0 Å². The summed E-state index contributed by atoms with van der Waals surface area (Å²) in [6.07, 6.45) is 16.9. The van der Waals surface area contributed by atoms with E-state index in [-0.39, 0.29) is 5.75 Å². The molecule has 3 rings (SSSR count). The molecule has 0 aromatic heterocycles. The second-order valence-electron chi connectivity index (χ2n) is 8.78. The number of hydrogen-bond donors (Lipinski definition) is 0. The van der Waals surface area contributed by atoms with Crippen LogP contribution < -0.4 is 4.74 Å². The van der Waals surface area contributed by atoms with Crippen LogP contribution in [0.15, 0.2) is 24.3 Å². The van der Waals surface area contributed by atoms with Crippen LogP contribution in [0, 0.1) is 35.3 Å². The summed E-state index contributed by atoms with van der Waals surface area (Å²) in [4.78, 5) is 0. The van der Waals surface area contributed by atoms with Crippen molar-refractivity contribution in [2.45, 2.75) is 78.1 Å². The molecule has 28 heavy (non-hydrogen) atoms. The van der Waals surface area contributed by atoms with Gasteiger partial charge in [-0.15, -0.1) is 0 Å². The molecule has 0 bridgehead atoms. The number of hydrogen-bond acceptors (Lipinski definition) is 1. The lowest BCUT2D eigenvalue weighted by atomic mass is 9.71. The van der Waals surface area contributed by atoms with Crippen molar-refractivity contribution >= 4 is 0 Å². The SMILES string of the molecule is CCCC1C=CC(C2CCC(CCc3ccc(OCC)c(F)c3F)CC2)CC1. The first-order chi connectivity index (χ1) is 13.6. The molecular formula is C25H36F2O. The molecule has 1 fully saturated rings. The van der Waals surface area contributed by atoms with Crippen LogP contribution in [-0.2, 0) is 6.42 Å². The van der Waals surface area contributed by atoms with E-state index < -0.39 is 11.6 Å². The summed E-state index contributed by atoms with van der Waals surface area (Å²) in [5.41, 5.74) is 0.486. The van der Waals surface area contributed by atoms with Crippen LogP contribution in [0.1, 0.15) is 77.2 Å². The van der Waals surface area contributed by atoms with Gasteiger partial charge in [0.15, 0.2) is 11.6 Å². The normalized spacial score (nSPS) is 27.7. The van der Waals surface area contributed by atoms with E-state index in [2.05, 4.69) is 19.1 Å².